The van der Waals surface area contributed by atoms with Crippen molar-refractivity contribution in [3.05, 3.63) is 40.4 Å². The Balaban J connectivity index is 2.20. The third-order valence-electron chi connectivity index (χ3n) is 4.17. The van der Waals surface area contributed by atoms with Crippen molar-refractivity contribution in [3.8, 4) is 0 Å². The molecule has 0 bridgehead atoms. The Kier molecular flexibility index (Phi) is 4.11. The van der Waals surface area contributed by atoms with Gasteiger partial charge in [0.15, 0.2) is 0 Å². The predicted octanol–water partition coefficient (Wildman–Crippen LogP) is 4.24. The van der Waals surface area contributed by atoms with E-state index in [1.54, 1.807) is 12.1 Å². The zero-order valence-electron chi connectivity index (χ0n) is 12.9. The number of nitrogens with zero attached hydrogens (tertiary/aromatic N) is 2. The van der Waals surface area contributed by atoms with Crippen LogP contribution >= 0.6 is 0 Å². The van der Waals surface area contributed by atoms with Gasteiger partial charge in [-0.25, -0.2) is 4.98 Å². The molecule has 0 saturated heterocycles. The van der Waals surface area contributed by atoms with Gasteiger partial charge in [0.25, 0.3) is 5.69 Å². The predicted molar refractivity (Wildman–Crippen MR) is 85.5 cm³/mol. The molecule has 0 unspecified atom stereocenters. The van der Waals surface area contributed by atoms with Gasteiger partial charge in [0.1, 0.15) is 5.82 Å². The quantitative estimate of drug-likeness (QED) is 0.659. The molecule has 2 aromatic rings. The van der Waals surface area contributed by atoms with Gasteiger partial charge in [-0.15, -0.1) is 0 Å². The molecule has 0 aliphatic carbocycles. The van der Waals surface area contributed by atoms with Crippen LogP contribution in [0.25, 0.3) is 10.9 Å². The Morgan fingerprint density at radius 3 is 2.62 bits per heavy atom. The molecule has 112 valence electrons. The first-order valence-corrected chi connectivity index (χ1v) is 7.09. The van der Waals surface area contributed by atoms with Crippen molar-refractivity contribution in [1.82, 2.24) is 4.98 Å². The summed E-state index contributed by atoms with van der Waals surface area (Å²) in [5, 5.41) is 14.9. The van der Waals surface area contributed by atoms with Crippen molar-refractivity contribution in [1.29, 1.82) is 0 Å². The SMILES string of the molecule is CC(C)C(C)(C)CNc1ccc2cc([N+](=O)[O-])ccc2n1. The molecule has 0 saturated carbocycles. The smallest absolute Gasteiger partial charge is 0.270 e. The summed E-state index contributed by atoms with van der Waals surface area (Å²) in [5.41, 5.74) is 1.02. The summed E-state index contributed by atoms with van der Waals surface area (Å²) in [5.74, 6) is 1.36. The lowest BCUT2D eigenvalue weighted by molar-refractivity contribution is -0.384. The molecule has 2 rings (SSSR count). The lowest BCUT2D eigenvalue weighted by Gasteiger charge is -2.29. The van der Waals surface area contributed by atoms with Gasteiger partial charge >= 0.3 is 0 Å². The fourth-order valence-electron chi connectivity index (χ4n) is 1.85. The summed E-state index contributed by atoms with van der Waals surface area (Å²) in [6.45, 7) is 9.67. The van der Waals surface area contributed by atoms with E-state index < -0.39 is 4.92 Å². The molecule has 5 nitrogen and oxygen atoms in total. The number of non-ortho nitro benzene ring substituents is 1. The standard InChI is InChI=1S/C16H21N3O2/c1-11(2)16(3,4)10-17-15-8-5-12-9-13(19(20)21)6-7-14(12)18-15/h5-9,11H,10H2,1-4H3,(H,17,18). The minimum Gasteiger partial charge on any atom is -0.370 e. The summed E-state index contributed by atoms with van der Waals surface area (Å²) in [4.78, 5) is 14.9. The number of anilines is 1. The molecule has 0 radical (unpaired) electrons. The maximum Gasteiger partial charge on any atom is 0.270 e. The number of hydrogen-bond acceptors (Lipinski definition) is 4. The van der Waals surface area contributed by atoms with Crippen LogP contribution < -0.4 is 5.32 Å². The van der Waals surface area contributed by atoms with Crippen molar-refractivity contribution in [2.45, 2.75) is 27.7 Å². The Hall–Kier alpha value is -2.17. The van der Waals surface area contributed by atoms with E-state index in [-0.39, 0.29) is 11.1 Å². The Bertz CT molecular complexity index is 666. The third-order valence-corrected chi connectivity index (χ3v) is 4.17. The van der Waals surface area contributed by atoms with Gasteiger partial charge in [0.05, 0.1) is 10.4 Å². The number of nitro benzene ring substituents is 1. The summed E-state index contributed by atoms with van der Waals surface area (Å²) in [7, 11) is 0. The molecule has 1 heterocycles. The van der Waals surface area contributed by atoms with Crippen LogP contribution in [0.3, 0.4) is 0 Å². The number of nitro groups is 1. The maximum absolute atomic E-state index is 10.8. The van der Waals surface area contributed by atoms with E-state index in [0.717, 1.165) is 23.3 Å². The van der Waals surface area contributed by atoms with Crippen LogP contribution in [0.4, 0.5) is 11.5 Å². The van der Waals surface area contributed by atoms with Gasteiger partial charge in [-0.3, -0.25) is 10.1 Å². The highest BCUT2D eigenvalue weighted by Gasteiger charge is 2.22. The second-order valence-electron chi connectivity index (χ2n) is 6.33. The van der Waals surface area contributed by atoms with Crippen LogP contribution in [0, 0.1) is 21.4 Å². The van der Waals surface area contributed by atoms with Crippen molar-refractivity contribution in [2.75, 3.05) is 11.9 Å². The van der Waals surface area contributed by atoms with E-state index in [9.17, 15) is 10.1 Å². The van der Waals surface area contributed by atoms with Gasteiger partial charge < -0.3 is 5.32 Å². The number of benzene rings is 1. The van der Waals surface area contributed by atoms with Crippen LogP contribution in [0.1, 0.15) is 27.7 Å². The molecular formula is C16H21N3O2. The number of pyridine rings is 1. The highest BCUT2D eigenvalue weighted by molar-refractivity contribution is 5.82. The first kappa shape index (κ1) is 15.2. The molecule has 0 aliphatic heterocycles. The maximum atomic E-state index is 10.8. The van der Waals surface area contributed by atoms with Crippen molar-refractivity contribution >= 4 is 22.4 Å². The Labute approximate surface area is 124 Å². The number of nitrogens with one attached hydrogen (secondary N) is 1. The normalized spacial score (nSPS) is 11.9. The monoisotopic (exact) mass is 287 g/mol. The Morgan fingerprint density at radius 1 is 1.29 bits per heavy atom. The second-order valence-corrected chi connectivity index (χ2v) is 6.33. The van der Waals surface area contributed by atoms with Crippen LogP contribution in [0.5, 0.6) is 0 Å². The molecule has 21 heavy (non-hydrogen) atoms. The first-order chi connectivity index (χ1) is 9.79. The Morgan fingerprint density at radius 2 is 2.00 bits per heavy atom. The van der Waals surface area contributed by atoms with Gasteiger partial charge in [-0.05, 0) is 29.5 Å². The molecule has 1 aromatic carbocycles. The lowest BCUT2D eigenvalue weighted by Crippen LogP contribution is -2.28. The molecule has 0 spiro atoms. The van der Waals surface area contributed by atoms with E-state index in [1.165, 1.54) is 6.07 Å². The van der Waals surface area contributed by atoms with E-state index in [4.69, 9.17) is 0 Å². The average molecular weight is 287 g/mol. The fourth-order valence-corrected chi connectivity index (χ4v) is 1.85. The van der Waals surface area contributed by atoms with Crippen LogP contribution in [0.2, 0.25) is 0 Å². The van der Waals surface area contributed by atoms with Gasteiger partial charge in [0, 0.05) is 24.1 Å². The largest absolute Gasteiger partial charge is 0.370 e. The van der Waals surface area contributed by atoms with Gasteiger partial charge in [-0.1, -0.05) is 27.7 Å². The molecule has 1 aromatic heterocycles. The van der Waals surface area contributed by atoms with Crippen LogP contribution in [-0.4, -0.2) is 16.5 Å². The summed E-state index contributed by atoms with van der Waals surface area (Å²) in [6.07, 6.45) is 0. The van der Waals surface area contributed by atoms with Crippen LogP contribution in [0.15, 0.2) is 30.3 Å². The zero-order valence-corrected chi connectivity index (χ0v) is 12.9. The average Bonchev–Trinajstić information content (AvgIpc) is 2.44. The molecule has 5 heteroatoms. The van der Waals surface area contributed by atoms with E-state index in [1.807, 2.05) is 12.1 Å². The summed E-state index contributed by atoms with van der Waals surface area (Å²) >= 11 is 0. The topological polar surface area (TPSA) is 68.1 Å². The van der Waals surface area contributed by atoms with E-state index in [2.05, 4.69) is 38.0 Å². The van der Waals surface area contributed by atoms with Crippen molar-refractivity contribution < 1.29 is 4.92 Å². The second kappa shape index (κ2) is 5.68. The van der Waals surface area contributed by atoms with Crippen molar-refractivity contribution in [3.63, 3.8) is 0 Å². The molecule has 0 fully saturated rings. The summed E-state index contributed by atoms with van der Waals surface area (Å²) in [6, 6.07) is 8.44. The molecule has 0 amide bonds. The number of fused-ring (bicyclic) bond motifs is 1. The van der Waals surface area contributed by atoms with E-state index in [0.29, 0.717) is 5.92 Å². The third kappa shape index (κ3) is 3.48. The number of aromatic nitrogens is 1. The van der Waals surface area contributed by atoms with Gasteiger partial charge in [0.2, 0.25) is 0 Å². The number of hydrogen-bond donors (Lipinski definition) is 1. The summed E-state index contributed by atoms with van der Waals surface area (Å²) < 4.78 is 0. The van der Waals surface area contributed by atoms with Gasteiger partial charge in [-0.2, -0.15) is 0 Å². The molecule has 1 N–H and O–H groups in total. The number of rotatable bonds is 5. The van der Waals surface area contributed by atoms with Crippen LogP contribution in [-0.2, 0) is 0 Å². The lowest BCUT2D eigenvalue weighted by atomic mass is 9.81. The fraction of sp³-hybridized carbons (Fsp3) is 0.438. The zero-order chi connectivity index (χ0) is 15.6. The highest BCUT2D eigenvalue weighted by atomic mass is 16.6. The minimum absolute atomic E-state index is 0.0888. The highest BCUT2D eigenvalue weighted by Crippen LogP contribution is 2.27. The molecular weight excluding hydrogens is 266 g/mol. The molecule has 0 atom stereocenters. The minimum atomic E-state index is -0.392. The van der Waals surface area contributed by atoms with E-state index >= 15 is 0 Å². The molecule has 0 aliphatic rings. The van der Waals surface area contributed by atoms with Crippen molar-refractivity contribution in [2.24, 2.45) is 11.3 Å². The first-order valence-electron chi connectivity index (χ1n) is 7.09.